The average molecular weight is 198 g/mol. The molecule has 0 aromatic carbocycles. The number of carbonyl (C=O) groups excluding carboxylic acids is 1. The van der Waals surface area contributed by atoms with E-state index in [-0.39, 0.29) is 17.8 Å². The van der Waals surface area contributed by atoms with Crippen molar-refractivity contribution in [1.29, 1.82) is 0 Å². The Bertz CT molecular complexity index is 284. The van der Waals surface area contributed by atoms with Gasteiger partial charge in [0.15, 0.2) is 0 Å². The molecule has 2 rings (SSSR count). The molecule has 1 fully saturated rings. The molecule has 0 unspecified atom stereocenters. The Morgan fingerprint density at radius 2 is 2.29 bits per heavy atom. The average Bonchev–Trinajstić information content (AvgIpc) is 2.69. The van der Waals surface area contributed by atoms with Crippen molar-refractivity contribution in [3.8, 4) is 0 Å². The van der Waals surface area contributed by atoms with Crippen LogP contribution in [0.2, 0.25) is 0 Å². The largest absolute Gasteiger partial charge is 0.466 e. The molecule has 4 heteroatoms. The fourth-order valence-electron chi connectivity index (χ4n) is 2.53. The van der Waals surface area contributed by atoms with Gasteiger partial charge in [0.2, 0.25) is 0 Å². The van der Waals surface area contributed by atoms with Crippen molar-refractivity contribution < 1.29 is 19.7 Å². The predicted molar refractivity (Wildman–Crippen MR) is 48.3 cm³/mol. The van der Waals surface area contributed by atoms with E-state index in [2.05, 4.69) is 4.74 Å². The van der Waals surface area contributed by atoms with Crippen LogP contribution in [0.4, 0.5) is 0 Å². The molecule has 0 aliphatic heterocycles. The fraction of sp³-hybridized carbons (Fsp3) is 0.700. The molecule has 1 saturated carbocycles. The minimum absolute atomic E-state index is 0.000833. The monoisotopic (exact) mass is 198 g/mol. The zero-order chi connectivity index (χ0) is 10.3. The number of carbonyl (C=O) groups is 1. The van der Waals surface area contributed by atoms with Gasteiger partial charge in [-0.2, -0.15) is 0 Å². The molecular formula is C10H14O4. The lowest BCUT2D eigenvalue weighted by Gasteiger charge is -2.14. The summed E-state index contributed by atoms with van der Waals surface area (Å²) in [5.41, 5.74) is 0.619. The van der Waals surface area contributed by atoms with Gasteiger partial charge in [-0.15, -0.1) is 0 Å². The first-order chi connectivity index (χ1) is 6.65. The van der Waals surface area contributed by atoms with Crippen LogP contribution in [-0.4, -0.2) is 35.5 Å². The highest BCUT2D eigenvalue weighted by atomic mass is 16.5. The van der Waals surface area contributed by atoms with E-state index < -0.39 is 12.2 Å². The Kier molecular flexibility index (Phi) is 2.33. The summed E-state index contributed by atoms with van der Waals surface area (Å²) in [6, 6.07) is 0. The molecule has 0 radical (unpaired) electrons. The first kappa shape index (κ1) is 9.68. The third-order valence-corrected chi connectivity index (χ3v) is 3.28. The van der Waals surface area contributed by atoms with Gasteiger partial charge in [-0.25, -0.2) is 4.79 Å². The molecule has 2 aliphatic carbocycles. The van der Waals surface area contributed by atoms with Crippen LogP contribution in [-0.2, 0) is 9.53 Å². The number of allylic oxidation sites excluding steroid dienone is 1. The smallest absolute Gasteiger partial charge is 0.333 e. The molecule has 0 aromatic rings. The molecule has 0 saturated heterocycles. The molecule has 4 atom stereocenters. The number of methoxy groups -OCH3 is 1. The first-order valence-electron chi connectivity index (χ1n) is 4.79. The molecule has 0 bridgehead atoms. The number of ether oxygens (including phenoxy) is 1. The van der Waals surface area contributed by atoms with Gasteiger partial charge in [0, 0.05) is 5.57 Å². The number of fused-ring (bicyclic) bond motifs is 1. The number of hydrogen-bond donors (Lipinski definition) is 2. The SMILES string of the molecule is COC(=O)C1=CC[C@@H]2[C@@H](O)[C@@H](O)C[C@H]12. The summed E-state index contributed by atoms with van der Waals surface area (Å²) in [7, 11) is 1.35. The molecule has 0 heterocycles. The van der Waals surface area contributed by atoms with Gasteiger partial charge < -0.3 is 14.9 Å². The summed E-state index contributed by atoms with van der Waals surface area (Å²) in [4.78, 5) is 11.3. The Morgan fingerprint density at radius 1 is 1.57 bits per heavy atom. The summed E-state index contributed by atoms with van der Waals surface area (Å²) in [6.07, 6.45) is 1.55. The zero-order valence-corrected chi connectivity index (χ0v) is 8.01. The molecule has 14 heavy (non-hydrogen) atoms. The van der Waals surface area contributed by atoms with Crippen LogP contribution in [0.25, 0.3) is 0 Å². The van der Waals surface area contributed by atoms with Crippen LogP contribution in [0.5, 0.6) is 0 Å². The number of esters is 1. The van der Waals surface area contributed by atoms with Crippen LogP contribution >= 0.6 is 0 Å². The van der Waals surface area contributed by atoms with Gasteiger partial charge >= 0.3 is 5.97 Å². The highest BCUT2D eigenvalue weighted by Gasteiger charge is 2.47. The van der Waals surface area contributed by atoms with Gasteiger partial charge in [-0.3, -0.25) is 0 Å². The number of rotatable bonds is 1. The van der Waals surface area contributed by atoms with Crippen LogP contribution < -0.4 is 0 Å². The summed E-state index contributed by atoms with van der Waals surface area (Å²) in [5, 5.41) is 19.1. The van der Waals surface area contributed by atoms with Crippen LogP contribution in [0.15, 0.2) is 11.6 Å². The predicted octanol–water partition coefficient (Wildman–Crippen LogP) is -0.153. The quantitative estimate of drug-likeness (QED) is 0.575. The second-order valence-corrected chi connectivity index (χ2v) is 3.95. The van der Waals surface area contributed by atoms with E-state index >= 15 is 0 Å². The maximum Gasteiger partial charge on any atom is 0.333 e. The molecule has 78 valence electrons. The second kappa shape index (κ2) is 3.37. The van der Waals surface area contributed by atoms with Crippen molar-refractivity contribution in [3.05, 3.63) is 11.6 Å². The normalized spacial score (nSPS) is 40.6. The number of aliphatic hydroxyl groups excluding tert-OH is 2. The molecule has 0 spiro atoms. The topological polar surface area (TPSA) is 66.8 Å². The molecule has 2 aliphatic rings. The van der Waals surface area contributed by atoms with Crippen LogP contribution in [0.1, 0.15) is 12.8 Å². The van der Waals surface area contributed by atoms with E-state index in [0.717, 1.165) is 0 Å². The highest BCUT2D eigenvalue weighted by molar-refractivity contribution is 5.89. The summed E-state index contributed by atoms with van der Waals surface area (Å²) >= 11 is 0. The Hall–Kier alpha value is -0.870. The summed E-state index contributed by atoms with van der Waals surface area (Å²) < 4.78 is 4.64. The van der Waals surface area contributed by atoms with E-state index in [9.17, 15) is 15.0 Å². The van der Waals surface area contributed by atoms with E-state index in [1.54, 1.807) is 0 Å². The standard InChI is InChI=1S/C10H14O4/c1-14-10(13)6-3-2-5-7(6)4-8(11)9(5)12/h3,5,7-9,11-12H,2,4H2,1H3/t5-,7-,8-,9+/m0/s1. The van der Waals surface area contributed by atoms with Gasteiger partial charge in [0.25, 0.3) is 0 Å². The Balaban J connectivity index is 2.15. The van der Waals surface area contributed by atoms with E-state index in [1.165, 1.54) is 7.11 Å². The maximum atomic E-state index is 11.3. The molecule has 0 aromatic heterocycles. The lowest BCUT2D eigenvalue weighted by atomic mass is 9.94. The van der Waals surface area contributed by atoms with Gasteiger partial charge in [-0.1, -0.05) is 6.08 Å². The van der Waals surface area contributed by atoms with Crippen molar-refractivity contribution in [2.24, 2.45) is 11.8 Å². The van der Waals surface area contributed by atoms with Crippen molar-refractivity contribution in [2.75, 3.05) is 7.11 Å². The summed E-state index contributed by atoms with van der Waals surface area (Å²) in [6.45, 7) is 0. The van der Waals surface area contributed by atoms with E-state index in [1.807, 2.05) is 6.08 Å². The highest BCUT2D eigenvalue weighted by Crippen LogP contribution is 2.44. The number of aliphatic hydroxyl groups is 2. The van der Waals surface area contributed by atoms with Gasteiger partial charge in [0.1, 0.15) is 0 Å². The minimum Gasteiger partial charge on any atom is -0.466 e. The van der Waals surface area contributed by atoms with Crippen molar-refractivity contribution >= 4 is 5.97 Å². The minimum atomic E-state index is -0.696. The maximum absolute atomic E-state index is 11.3. The van der Waals surface area contributed by atoms with Crippen molar-refractivity contribution in [1.82, 2.24) is 0 Å². The van der Waals surface area contributed by atoms with Gasteiger partial charge in [-0.05, 0) is 24.7 Å². The second-order valence-electron chi connectivity index (χ2n) is 3.95. The third kappa shape index (κ3) is 1.26. The van der Waals surface area contributed by atoms with E-state index in [0.29, 0.717) is 18.4 Å². The van der Waals surface area contributed by atoms with Gasteiger partial charge in [0.05, 0.1) is 19.3 Å². The van der Waals surface area contributed by atoms with Crippen LogP contribution in [0, 0.1) is 11.8 Å². The summed E-state index contributed by atoms with van der Waals surface area (Å²) in [5.74, 6) is -0.356. The Labute approximate surface area is 82.2 Å². The van der Waals surface area contributed by atoms with Crippen LogP contribution in [0.3, 0.4) is 0 Å². The third-order valence-electron chi connectivity index (χ3n) is 3.28. The first-order valence-corrected chi connectivity index (χ1v) is 4.79. The van der Waals surface area contributed by atoms with Crippen molar-refractivity contribution in [3.63, 3.8) is 0 Å². The Morgan fingerprint density at radius 3 is 2.93 bits per heavy atom. The number of hydrogen-bond acceptors (Lipinski definition) is 4. The van der Waals surface area contributed by atoms with E-state index in [4.69, 9.17) is 0 Å². The zero-order valence-electron chi connectivity index (χ0n) is 8.01. The molecule has 0 amide bonds. The lowest BCUT2D eigenvalue weighted by Crippen LogP contribution is -2.24. The van der Waals surface area contributed by atoms with Crippen molar-refractivity contribution in [2.45, 2.75) is 25.0 Å². The molecular weight excluding hydrogens is 184 g/mol. The lowest BCUT2D eigenvalue weighted by molar-refractivity contribution is -0.136. The fourth-order valence-corrected chi connectivity index (χ4v) is 2.53. The molecule has 2 N–H and O–H groups in total. The molecule has 4 nitrogen and oxygen atoms in total.